The van der Waals surface area contributed by atoms with E-state index >= 15 is 0 Å². The Hall–Kier alpha value is -2.86. The monoisotopic (exact) mass is 361 g/mol. The van der Waals surface area contributed by atoms with E-state index in [0.29, 0.717) is 0 Å². The lowest BCUT2D eigenvalue weighted by atomic mass is 10.1. The van der Waals surface area contributed by atoms with Gasteiger partial charge in [0.2, 0.25) is 0 Å². The first-order valence-corrected chi connectivity index (χ1v) is 9.54. The maximum Gasteiger partial charge on any atom is 0.154 e. The molecule has 0 aliphatic carbocycles. The maximum atomic E-state index is 5.30. The number of hydrogen-bond donors (Lipinski definition) is 1. The van der Waals surface area contributed by atoms with Crippen LogP contribution in [0, 0.1) is 0 Å². The van der Waals surface area contributed by atoms with Gasteiger partial charge in [0, 0.05) is 11.8 Å². The zero-order valence-corrected chi connectivity index (χ0v) is 15.5. The summed E-state index contributed by atoms with van der Waals surface area (Å²) in [4.78, 5) is 15.4. The molecule has 3 aromatic heterocycles. The molecule has 6 nitrogen and oxygen atoms in total. The van der Waals surface area contributed by atoms with Crippen molar-refractivity contribution in [3.8, 4) is 17.0 Å². The molecule has 0 bridgehead atoms. The number of piperidine rings is 1. The van der Waals surface area contributed by atoms with Gasteiger partial charge in [-0.1, -0.05) is 6.42 Å². The van der Waals surface area contributed by atoms with Gasteiger partial charge < -0.3 is 9.72 Å². The summed E-state index contributed by atoms with van der Waals surface area (Å²) in [5, 5.41) is 0. The van der Waals surface area contributed by atoms with Crippen molar-refractivity contribution >= 4 is 16.7 Å². The highest BCUT2D eigenvalue weighted by Crippen LogP contribution is 2.29. The molecule has 0 spiro atoms. The number of nitrogens with one attached hydrogen (secondary N) is 1. The van der Waals surface area contributed by atoms with Gasteiger partial charge in [0.25, 0.3) is 0 Å². The van der Waals surface area contributed by atoms with Gasteiger partial charge in [0.15, 0.2) is 5.65 Å². The Morgan fingerprint density at radius 1 is 1.04 bits per heavy atom. The molecule has 1 aromatic carbocycles. The second-order valence-corrected chi connectivity index (χ2v) is 7.13. The molecule has 1 aliphatic rings. The van der Waals surface area contributed by atoms with Crippen molar-refractivity contribution < 1.29 is 4.74 Å². The average Bonchev–Trinajstić information content (AvgIpc) is 3.33. The van der Waals surface area contributed by atoms with Gasteiger partial charge in [-0.25, -0.2) is 9.97 Å². The van der Waals surface area contributed by atoms with Crippen LogP contribution in [0.1, 0.15) is 25.1 Å². The summed E-state index contributed by atoms with van der Waals surface area (Å²) in [5.41, 5.74) is 5.06. The number of hydrogen-bond acceptors (Lipinski definition) is 4. The third-order valence-electron chi connectivity index (χ3n) is 5.42. The second kappa shape index (κ2) is 6.70. The molecule has 0 amide bonds. The standard InChI is InChI=1S/C21H23N5O/c1-27-16-7-5-15(6-8-16)20-18-13-23-21-17(9-10-22-21)26(18)19(24-20)14-25-11-3-2-4-12-25/h5-10,13,22H,2-4,11-12,14H2,1H3. The van der Waals surface area contributed by atoms with Crippen LogP contribution in [-0.2, 0) is 6.54 Å². The maximum absolute atomic E-state index is 5.30. The minimum atomic E-state index is 0.849. The van der Waals surface area contributed by atoms with E-state index in [9.17, 15) is 0 Å². The summed E-state index contributed by atoms with van der Waals surface area (Å²) >= 11 is 0. The number of methoxy groups -OCH3 is 1. The van der Waals surface area contributed by atoms with Crippen molar-refractivity contribution in [2.45, 2.75) is 25.8 Å². The second-order valence-electron chi connectivity index (χ2n) is 7.13. The Morgan fingerprint density at radius 2 is 1.85 bits per heavy atom. The van der Waals surface area contributed by atoms with Crippen LogP contribution in [0.25, 0.3) is 27.9 Å². The summed E-state index contributed by atoms with van der Waals surface area (Å²) in [7, 11) is 1.68. The number of fused-ring (bicyclic) bond motifs is 3. The van der Waals surface area contributed by atoms with Crippen molar-refractivity contribution in [3.63, 3.8) is 0 Å². The number of H-pyrrole nitrogens is 1. The van der Waals surface area contributed by atoms with Gasteiger partial charge in [-0.3, -0.25) is 9.30 Å². The molecule has 4 heterocycles. The van der Waals surface area contributed by atoms with E-state index in [0.717, 1.165) is 59.1 Å². The summed E-state index contributed by atoms with van der Waals surface area (Å²) < 4.78 is 7.55. The van der Waals surface area contributed by atoms with Crippen LogP contribution in [0.2, 0.25) is 0 Å². The van der Waals surface area contributed by atoms with Gasteiger partial charge in [0.1, 0.15) is 11.6 Å². The Balaban J connectivity index is 1.66. The molecule has 1 saturated heterocycles. The third kappa shape index (κ3) is 2.86. The van der Waals surface area contributed by atoms with Crippen LogP contribution in [0.3, 0.4) is 0 Å². The fourth-order valence-corrected chi connectivity index (χ4v) is 4.02. The van der Waals surface area contributed by atoms with Crippen LogP contribution in [0.5, 0.6) is 5.75 Å². The summed E-state index contributed by atoms with van der Waals surface area (Å²) in [5.74, 6) is 1.92. The third-order valence-corrected chi connectivity index (χ3v) is 5.42. The minimum absolute atomic E-state index is 0.849. The van der Waals surface area contributed by atoms with Crippen molar-refractivity contribution in [3.05, 3.63) is 48.5 Å². The van der Waals surface area contributed by atoms with E-state index in [2.05, 4.69) is 37.5 Å². The molecule has 1 N–H and O–H groups in total. The van der Waals surface area contributed by atoms with Crippen LogP contribution in [0.15, 0.2) is 42.7 Å². The zero-order valence-electron chi connectivity index (χ0n) is 15.5. The van der Waals surface area contributed by atoms with E-state index in [-0.39, 0.29) is 0 Å². The number of aromatic nitrogens is 4. The number of nitrogens with zero attached hydrogens (tertiary/aromatic N) is 4. The number of rotatable bonds is 4. The molecule has 5 rings (SSSR count). The number of imidazole rings is 1. The zero-order chi connectivity index (χ0) is 18.2. The van der Waals surface area contributed by atoms with Crippen LogP contribution >= 0.6 is 0 Å². The number of ether oxygens (including phenoxy) is 1. The van der Waals surface area contributed by atoms with E-state index in [1.165, 1.54) is 19.3 Å². The molecule has 27 heavy (non-hydrogen) atoms. The smallest absolute Gasteiger partial charge is 0.154 e. The fraction of sp³-hybridized carbons (Fsp3) is 0.333. The normalized spacial score (nSPS) is 15.6. The van der Waals surface area contributed by atoms with Crippen molar-refractivity contribution in [1.82, 2.24) is 24.3 Å². The summed E-state index contributed by atoms with van der Waals surface area (Å²) in [6, 6.07) is 10.2. The van der Waals surface area contributed by atoms with Crippen molar-refractivity contribution in [2.24, 2.45) is 0 Å². The molecule has 4 aromatic rings. The largest absolute Gasteiger partial charge is 0.497 e. The lowest BCUT2D eigenvalue weighted by Gasteiger charge is -2.25. The highest BCUT2D eigenvalue weighted by molar-refractivity contribution is 5.84. The number of benzene rings is 1. The molecule has 0 radical (unpaired) electrons. The van der Waals surface area contributed by atoms with Gasteiger partial charge >= 0.3 is 0 Å². The molecule has 0 unspecified atom stereocenters. The van der Waals surface area contributed by atoms with E-state index in [1.807, 2.05) is 24.5 Å². The Labute approximate surface area is 157 Å². The predicted molar refractivity (Wildman–Crippen MR) is 106 cm³/mol. The van der Waals surface area contributed by atoms with Crippen LogP contribution in [0.4, 0.5) is 0 Å². The summed E-state index contributed by atoms with van der Waals surface area (Å²) in [6.07, 6.45) is 7.74. The fourth-order valence-electron chi connectivity index (χ4n) is 4.02. The first-order valence-electron chi connectivity index (χ1n) is 9.54. The van der Waals surface area contributed by atoms with Crippen LogP contribution < -0.4 is 4.74 Å². The minimum Gasteiger partial charge on any atom is -0.497 e. The molecule has 0 atom stereocenters. The summed E-state index contributed by atoms with van der Waals surface area (Å²) in [6.45, 7) is 3.16. The van der Waals surface area contributed by atoms with Crippen LogP contribution in [-0.4, -0.2) is 44.5 Å². The Bertz CT molecular complexity index is 1070. The lowest BCUT2D eigenvalue weighted by molar-refractivity contribution is 0.216. The Kier molecular flexibility index (Phi) is 4.05. The Morgan fingerprint density at radius 3 is 2.63 bits per heavy atom. The molecule has 138 valence electrons. The number of aromatic amines is 1. The van der Waals surface area contributed by atoms with E-state index in [4.69, 9.17) is 9.72 Å². The molecule has 1 fully saturated rings. The van der Waals surface area contributed by atoms with Gasteiger partial charge in [-0.15, -0.1) is 0 Å². The molecular weight excluding hydrogens is 338 g/mol. The SMILES string of the molecule is COc1ccc(-c2nc(CN3CCCCC3)n3c2cnc2[nH]ccc23)cc1. The average molecular weight is 361 g/mol. The van der Waals surface area contributed by atoms with Gasteiger partial charge in [-0.2, -0.15) is 0 Å². The molecular formula is C21H23N5O. The first-order chi connectivity index (χ1) is 13.3. The van der Waals surface area contributed by atoms with Gasteiger partial charge in [0.05, 0.1) is 36.6 Å². The first kappa shape index (κ1) is 16.3. The van der Waals surface area contributed by atoms with E-state index in [1.54, 1.807) is 7.11 Å². The molecule has 1 aliphatic heterocycles. The predicted octanol–water partition coefficient (Wildman–Crippen LogP) is 3.87. The van der Waals surface area contributed by atoms with Gasteiger partial charge in [-0.05, 0) is 56.3 Å². The topological polar surface area (TPSA) is 58.4 Å². The highest BCUT2D eigenvalue weighted by atomic mass is 16.5. The number of likely N-dealkylation sites (tertiary alicyclic amines) is 1. The van der Waals surface area contributed by atoms with Crippen molar-refractivity contribution in [1.29, 1.82) is 0 Å². The van der Waals surface area contributed by atoms with E-state index < -0.39 is 0 Å². The molecule has 0 saturated carbocycles. The lowest BCUT2D eigenvalue weighted by Crippen LogP contribution is -2.29. The van der Waals surface area contributed by atoms with Crippen molar-refractivity contribution in [2.75, 3.05) is 20.2 Å². The molecule has 6 heteroatoms. The quantitative estimate of drug-likeness (QED) is 0.599. The highest BCUT2D eigenvalue weighted by Gasteiger charge is 2.19.